The highest BCUT2D eigenvalue weighted by atomic mass is 14.0. The molecule has 0 aromatic carbocycles. The number of hydrogen-bond acceptors (Lipinski definition) is 0. The van der Waals surface area contributed by atoms with Gasteiger partial charge in [0.1, 0.15) is 0 Å². The third-order valence-corrected chi connectivity index (χ3v) is 10.00. The zero-order valence-electron chi connectivity index (χ0n) is 28.3. The topological polar surface area (TPSA) is 0 Å². The smallest absolute Gasteiger partial charge is 0.0533 e. The normalized spacial score (nSPS) is 23.4. The number of rotatable bonds is 0. The minimum absolute atomic E-state index is 0. The molecule has 4 saturated carbocycles. The minimum atomic E-state index is 0. The van der Waals surface area contributed by atoms with E-state index in [-0.39, 0.29) is 7.43 Å². The fraction of sp³-hybridized carbons (Fsp3) is 1.00. The van der Waals surface area contributed by atoms with E-state index in [1.807, 2.05) is 0 Å². The average molecular weight is 577 g/mol. The van der Waals surface area contributed by atoms with E-state index in [1.165, 1.54) is 257 Å². The lowest BCUT2D eigenvalue weighted by Crippen LogP contribution is -1.85. The van der Waals surface area contributed by atoms with Gasteiger partial charge in [-0.1, -0.05) is 264 Å². The van der Waals surface area contributed by atoms with Crippen molar-refractivity contribution in [2.75, 3.05) is 0 Å². The van der Waals surface area contributed by atoms with Crippen molar-refractivity contribution in [2.24, 2.45) is 0 Å². The molecule has 0 aliphatic heterocycles. The quantitative estimate of drug-likeness (QED) is 0.269. The fourth-order valence-corrected chi connectivity index (χ4v) is 7.07. The van der Waals surface area contributed by atoms with Crippen LogP contribution in [0.5, 0.6) is 0 Å². The van der Waals surface area contributed by atoms with Crippen LogP contribution in [-0.2, 0) is 0 Å². The lowest BCUT2D eigenvalue weighted by Gasteiger charge is -2.05. The van der Waals surface area contributed by atoms with Crippen molar-refractivity contribution in [2.45, 2.75) is 264 Å². The average Bonchev–Trinajstić information content (AvgIpc) is 3.02. The summed E-state index contributed by atoms with van der Waals surface area (Å²) in [6.45, 7) is 0. The molecule has 0 radical (unpaired) electrons. The molecule has 0 heteroatoms. The van der Waals surface area contributed by atoms with Crippen molar-refractivity contribution in [1.82, 2.24) is 0 Å². The Kier molecular flexibility index (Phi) is 38.0. The predicted octanol–water partition coefficient (Wildman–Crippen LogP) is 16.2. The van der Waals surface area contributed by atoms with Gasteiger partial charge >= 0.3 is 0 Å². The van der Waals surface area contributed by atoms with Crippen molar-refractivity contribution in [3.05, 3.63) is 0 Å². The molecule has 0 N–H and O–H groups in total. The van der Waals surface area contributed by atoms with Crippen molar-refractivity contribution >= 4 is 0 Å². The van der Waals surface area contributed by atoms with Gasteiger partial charge in [0.25, 0.3) is 0 Å². The van der Waals surface area contributed by atoms with Gasteiger partial charge in [-0.3, -0.25) is 0 Å². The molecule has 0 nitrogen and oxygen atoms in total. The minimum Gasteiger partial charge on any atom is -0.0776 e. The first-order valence-electron chi connectivity index (χ1n) is 20.0. The van der Waals surface area contributed by atoms with E-state index in [2.05, 4.69) is 0 Å². The van der Waals surface area contributed by atoms with Crippen LogP contribution in [0.15, 0.2) is 0 Å². The first kappa shape index (κ1) is 41.0. The second-order valence-corrected chi connectivity index (χ2v) is 14.1. The van der Waals surface area contributed by atoms with Gasteiger partial charge in [0.15, 0.2) is 0 Å². The first-order valence-corrected chi connectivity index (χ1v) is 20.0. The molecule has 0 aromatic rings. The Morgan fingerprint density at radius 1 is 0.0732 bits per heavy atom. The summed E-state index contributed by atoms with van der Waals surface area (Å²) in [6.07, 6.45) is 60.0. The SMILES string of the molecule is C.C1CCCCCCCCC1.C1CCCCCCCCC1.C1CCCCCCCCC1.C1CCCCCCCCC1. The summed E-state index contributed by atoms with van der Waals surface area (Å²) in [7, 11) is 0. The van der Waals surface area contributed by atoms with Crippen LogP contribution in [0.25, 0.3) is 0 Å². The van der Waals surface area contributed by atoms with Gasteiger partial charge in [-0.05, 0) is 0 Å². The standard InChI is InChI=1S/4C10H20.CH4/c4*1-2-4-6-8-10-9-7-5-3-1;/h4*1-10H2;1H4. The molecule has 0 aromatic heterocycles. The van der Waals surface area contributed by atoms with Gasteiger partial charge in [0.05, 0.1) is 0 Å². The molecule has 0 bridgehead atoms. The molecule has 0 atom stereocenters. The van der Waals surface area contributed by atoms with Crippen LogP contribution in [0, 0.1) is 0 Å². The van der Waals surface area contributed by atoms with Gasteiger partial charge in [0.2, 0.25) is 0 Å². The van der Waals surface area contributed by atoms with Gasteiger partial charge < -0.3 is 0 Å². The van der Waals surface area contributed by atoms with Gasteiger partial charge in [-0.25, -0.2) is 0 Å². The first-order chi connectivity index (χ1) is 20.0. The predicted molar refractivity (Wildman–Crippen MR) is 191 cm³/mol. The largest absolute Gasteiger partial charge is 0.0776 e. The molecule has 4 aliphatic rings. The van der Waals surface area contributed by atoms with Gasteiger partial charge in [-0.2, -0.15) is 0 Å². The Morgan fingerprint density at radius 3 is 0.122 bits per heavy atom. The molecular weight excluding hydrogens is 492 g/mol. The van der Waals surface area contributed by atoms with Crippen molar-refractivity contribution < 1.29 is 0 Å². The van der Waals surface area contributed by atoms with E-state index in [4.69, 9.17) is 0 Å². The van der Waals surface area contributed by atoms with Crippen LogP contribution in [0.1, 0.15) is 264 Å². The van der Waals surface area contributed by atoms with E-state index >= 15 is 0 Å². The van der Waals surface area contributed by atoms with Crippen LogP contribution < -0.4 is 0 Å². The Labute approximate surface area is 263 Å². The van der Waals surface area contributed by atoms with Crippen molar-refractivity contribution in [3.8, 4) is 0 Å². The summed E-state index contributed by atoms with van der Waals surface area (Å²) >= 11 is 0. The number of hydrogen-bond donors (Lipinski definition) is 0. The zero-order valence-corrected chi connectivity index (χ0v) is 28.3. The third-order valence-electron chi connectivity index (χ3n) is 10.00. The van der Waals surface area contributed by atoms with Crippen LogP contribution in [-0.4, -0.2) is 0 Å². The monoisotopic (exact) mass is 577 g/mol. The summed E-state index contributed by atoms with van der Waals surface area (Å²) in [5.74, 6) is 0. The van der Waals surface area contributed by atoms with Gasteiger partial charge in [-0.15, -0.1) is 0 Å². The maximum Gasteiger partial charge on any atom is -0.0533 e. The van der Waals surface area contributed by atoms with E-state index < -0.39 is 0 Å². The lowest BCUT2D eigenvalue weighted by molar-refractivity contribution is 0.504. The molecule has 0 spiro atoms. The fourth-order valence-electron chi connectivity index (χ4n) is 7.07. The Morgan fingerprint density at radius 2 is 0.0976 bits per heavy atom. The van der Waals surface area contributed by atoms with Gasteiger partial charge in [0, 0.05) is 0 Å². The van der Waals surface area contributed by atoms with Crippen LogP contribution in [0.2, 0.25) is 0 Å². The molecule has 0 amide bonds. The molecule has 0 unspecified atom stereocenters. The molecular formula is C41H84. The Balaban J connectivity index is 0.000000516. The molecule has 41 heavy (non-hydrogen) atoms. The second-order valence-electron chi connectivity index (χ2n) is 14.1. The highest BCUT2D eigenvalue weighted by Gasteiger charge is 1.98. The Hall–Kier alpha value is 0. The molecule has 4 fully saturated rings. The summed E-state index contributed by atoms with van der Waals surface area (Å²) in [5.41, 5.74) is 0. The van der Waals surface area contributed by atoms with E-state index in [0.29, 0.717) is 0 Å². The summed E-state index contributed by atoms with van der Waals surface area (Å²) in [5, 5.41) is 0. The molecule has 0 saturated heterocycles. The second kappa shape index (κ2) is 38.0. The van der Waals surface area contributed by atoms with E-state index in [1.54, 1.807) is 0 Å². The van der Waals surface area contributed by atoms with Crippen LogP contribution in [0.3, 0.4) is 0 Å². The summed E-state index contributed by atoms with van der Waals surface area (Å²) in [4.78, 5) is 0. The molecule has 4 rings (SSSR count). The summed E-state index contributed by atoms with van der Waals surface area (Å²) in [6, 6.07) is 0. The van der Waals surface area contributed by atoms with E-state index in [9.17, 15) is 0 Å². The molecule has 248 valence electrons. The van der Waals surface area contributed by atoms with E-state index in [0.717, 1.165) is 0 Å². The maximum absolute atomic E-state index is 1.50. The Bertz CT molecular complexity index is 213. The highest BCUT2D eigenvalue weighted by molar-refractivity contribution is 4.54. The zero-order chi connectivity index (χ0) is 28.3. The van der Waals surface area contributed by atoms with Crippen LogP contribution in [0.4, 0.5) is 0 Å². The summed E-state index contributed by atoms with van der Waals surface area (Å²) < 4.78 is 0. The van der Waals surface area contributed by atoms with Crippen molar-refractivity contribution in [1.29, 1.82) is 0 Å². The van der Waals surface area contributed by atoms with Crippen LogP contribution >= 0.6 is 0 Å². The maximum atomic E-state index is 1.50. The third kappa shape index (κ3) is 36.1. The van der Waals surface area contributed by atoms with Crippen molar-refractivity contribution in [3.63, 3.8) is 0 Å². The molecule has 0 heterocycles. The lowest BCUT2D eigenvalue weighted by atomic mass is 10.0. The molecule has 4 aliphatic carbocycles. The highest BCUT2D eigenvalue weighted by Crippen LogP contribution is 2.18.